The van der Waals surface area contributed by atoms with E-state index in [-0.39, 0.29) is 5.75 Å². The maximum Gasteiger partial charge on any atom is 0.262 e. The van der Waals surface area contributed by atoms with Gasteiger partial charge in [0.15, 0.2) is 6.54 Å². The molecule has 0 N–H and O–H groups in total. The van der Waals surface area contributed by atoms with Gasteiger partial charge in [0.2, 0.25) is 5.52 Å². The Bertz CT molecular complexity index is 1680. The Hall–Kier alpha value is -2.72. The van der Waals surface area contributed by atoms with Crippen LogP contribution in [0.3, 0.4) is 0 Å². The number of aliphatic carboxylic acids is 1. The molecule has 0 fully saturated rings. The lowest BCUT2D eigenvalue weighted by molar-refractivity contribution is -0.661. The number of hydrogen-bond donors (Lipinski definition) is 0. The summed E-state index contributed by atoms with van der Waals surface area (Å²) in [4.78, 5) is 15.6. The summed E-state index contributed by atoms with van der Waals surface area (Å²) in [7, 11) is 0.645. The van der Waals surface area contributed by atoms with E-state index < -0.39 is 16.8 Å². The van der Waals surface area contributed by atoms with Crippen LogP contribution in [-0.2, 0) is 32.7 Å². The molecule has 1 aromatic heterocycles. The van der Waals surface area contributed by atoms with Crippen LogP contribution in [0, 0.1) is 11.3 Å². The minimum Gasteiger partial charge on any atom is -0.549 e. The van der Waals surface area contributed by atoms with Crippen molar-refractivity contribution in [2.45, 2.75) is 27.7 Å². The molecule has 0 radical (unpaired) electrons. The first-order valence-electron chi connectivity index (χ1n) is 12.1. The second-order valence-electron chi connectivity index (χ2n) is 8.51. The minimum atomic E-state index is -1.14. The van der Waals surface area contributed by atoms with E-state index in [0.717, 1.165) is 50.1 Å². The summed E-state index contributed by atoms with van der Waals surface area (Å²) in [5.74, 6) is -1.32. The van der Waals surface area contributed by atoms with Gasteiger partial charge in [-0.2, -0.15) is 4.57 Å². The molecule has 0 bridgehead atoms. The zero-order chi connectivity index (χ0) is 28.1. The fraction of sp³-hybridized carbons (Fsp3) is 0.172. The maximum absolute atomic E-state index is 12.1. The zero-order valence-corrected chi connectivity index (χ0v) is 25.7. The summed E-state index contributed by atoms with van der Waals surface area (Å²) in [6.45, 7) is 0.914. The number of hydrogen-bond acceptors (Lipinski definition) is 9. The SMILES string of the molecule is COSc1ccc2c(c1)N(C#CSCC(=O)[O-])/C(=C/C=C/C=C/C=C/c1sc3ccc(S(C)=O)c4c3[n+]1CC4)S2. The highest BCUT2D eigenvalue weighted by molar-refractivity contribution is 8.04. The van der Waals surface area contributed by atoms with Gasteiger partial charge in [-0.25, -0.2) is 0 Å². The summed E-state index contributed by atoms with van der Waals surface area (Å²) < 4.78 is 20.8. The quantitative estimate of drug-likeness (QED) is 0.141. The lowest BCUT2D eigenvalue weighted by Gasteiger charge is -2.12. The molecule has 0 saturated heterocycles. The van der Waals surface area contributed by atoms with Gasteiger partial charge < -0.3 is 14.1 Å². The van der Waals surface area contributed by atoms with E-state index in [1.165, 1.54) is 32.8 Å². The summed E-state index contributed by atoms with van der Waals surface area (Å²) in [5, 5.41) is 15.7. The van der Waals surface area contributed by atoms with Gasteiger partial charge in [0.1, 0.15) is 4.70 Å². The fourth-order valence-corrected chi connectivity index (χ4v) is 8.14. The van der Waals surface area contributed by atoms with Crippen LogP contribution < -0.4 is 14.6 Å². The van der Waals surface area contributed by atoms with Crippen molar-refractivity contribution in [1.82, 2.24) is 0 Å². The van der Waals surface area contributed by atoms with E-state index in [2.05, 4.69) is 28.0 Å². The van der Waals surface area contributed by atoms with E-state index in [9.17, 15) is 14.1 Å². The number of carboxylic acid groups (broad SMARTS) is 1. The van der Waals surface area contributed by atoms with Crippen LogP contribution in [0.4, 0.5) is 5.69 Å². The number of thiazole rings is 1. The van der Waals surface area contributed by atoms with E-state index in [4.69, 9.17) is 4.18 Å². The molecule has 2 aliphatic heterocycles. The van der Waals surface area contributed by atoms with Gasteiger partial charge in [-0.3, -0.25) is 9.11 Å². The molecule has 11 heteroatoms. The highest BCUT2D eigenvalue weighted by atomic mass is 32.2. The molecule has 3 aromatic rings. The lowest BCUT2D eigenvalue weighted by atomic mass is 10.2. The Kier molecular flexibility index (Phi) is 9.57. The number of carbonyl (C=O) groups is 1. The summed E-state index contributed by atoms with van der Waals surface area (Å²) in [6.07, 6.45) is 16.7. The van der Waals surface area contributed by atoms with Crippen LogP contribution in [0.15, 0.2) is 86.5 Å². The van der Waals surface area contributed by atoms with Gasteiger partial charge in [-0.05, 0) is 41.7 Å². The summed E-state index contributed by atoms with van der Waals surface area (Å²) >= 11 is 5.63. The van der Waals surface area contributed by atoms with E-state index in [0.29, 0.717) is 0 Å². The highest BCUT2D eigenvalue weighted by Crippen LogP contribution is 2.47. The molecule has 2 aliphatic rings. The molecule has 1 atom stereocenters. The molecule has 6 nitrogen and oxygen atoms in total. The molecule has 0 amide bonds. The van der Waals surface area contributed by atoms with E-state index >= 15 is 0 Å². The number of rotatable bonds is 9. The summed E-state index contributed by atoms with van der Waals surface area (Å²) in [6, 6.07) is 13.2. The van der Waals surface area contributed by atoms with Gasteiger partial charge in [-0.15, -0.1) is 0 Å². The third-order valence-electron chi connectivity index (χ3n) is 5.98. The molecule has 2 aromatic carbocycles. The molecule has 5 rings (SSSR count). The van der Waals surface area contributed by atoms with Crippen molar-refractivity contribution in [3.05, 3.63) is 82.4 Å². The number of fused-ring (bicyclic) bond motifs is 1. The number of thioether (sulfide) groups is 2. The predicted octanol–water partition coefficient (Wildman–Crippen LogP) is 5.12. The third-order valence-corrected chi connectivity index (χ3v) is 10.4. The van der Waals surface area contributed by atoms with Crippen LogP contribution in [-0.4, -0.2) is 29.3 Å². The van der Waals surface area contributed by atoms with E-state index in [1.807, 2.05) is 65.6 Å². The van der Waals surface area contributed by atoms with Crippen molar-refractivity contribution in [3.8, 4) is 11.3 Å². The predicted molar refractivity (Wildman–Crippen MR) is 166 cm³/mol. The number of allylic oxidation sites excluding steroid dienone is 6. The first kappa shape index (κ1) is 28.8. The number of carboxylic acids is 1. The van der Waals surface area contributed by atoms with Crippen molar-refractivity contribution >= 4 is 85.7 Å². The average molecular weight is 625 g/mol. The normalized spacial score (nSPS) is 16.1. The smallest absolute Gasteiger partial charge is 0.262 e. The average Bonchev–Trinajstić information content (AvgIpc) is 3.62. The monoisotopic (exact) mass is 624 g/mol. The van der Waals surface area contributed by atoms with Crippen molar-refractivity contribution < 1.29 is 22.9 Å². The Morgan fingerprint density at radius 3 is 2.85 bits per heavy atom. The molecule has 1 unspecified atom stereocenters. The fourth-order valence-electron chi connectivity index (χ4n) is 4.38. The van der Waals surface area contributed by atoms with Crippen molar-refractivity contribution in [3.63, 3.8) is 0 Å². The number of anilines is 1. The second-order valence-corrected chi connectivity index (χ2v) is 13.7. The van der Waals surface area contributed by atoms with Crippen molar-refractivity contribution in [2.75, 3.05) is 24.0 Å². The van der Waals surface area contributed by atoms with Gasteiger partial charge >= 0.3 is 0 Å². The van der Waals surface area contributed by atoms with Crippen LogP contribution >= 0.6 is 46.9 Å². The Morgan fingerprint density at radius 2 is 2.05 bits per heavy atom. The van der Waals surface area contributed by atoms with Gasteiger partial charge in [0, 0.05) is 62.8 Å². The molecular weight excluding hydrogens is 601 g/mol. The lowest BCUT2D eigenvalue weighted by Crippen LogP contribution is -2.31. The zero-order valence-electron chi connectivity index (χ0n) is 21.6. The van der Waals surface area contributed by atoms with Crippen LogP contribution in [0.5, 0.6) is 0 Å². The number of carbonyl (C=O) groups excluding carboxylic acids is 1. The molecule has 0 spiro atoms. The molecule has 204 valence electrons. The van der Waals surface area contributed by atoms with Gasteiger partial charge in [0.05, 0.1) is 34.6 Å². The first-order chi connectivity index (χ1) is 19.5. The Balaban J connectivity index is 1.28. The molecule has 3 heterocycles. The molecular formula is C29H24N2O4S5. The van der Waals surface area contributed by atoms with Crippen molar-refractivity contribution in [1.29, 1.82) is 0 Å². The van der Waals surface area contributed by atoms with Crippen LogP contribution in [0.1, 0.15) is 10.6 Å². The van der Waals surface area contributed by atoms with E-state index in [1.54, 1.807) is 36.5 Å². The molecule has 0 saturated carbocycles. The Morgan fingerprint density at radius 1 is 1.23 bits per heavy atom. The summed E-state index contributed by atoms with van der Waals surface area (Å²) in [5.41, 5.74) is 3.38. The highest BCUT2D eigenvalue weighted by Gasteiger charge is 2.30. The number of nitrogens with zero attached hydrogens (tertiary/aromatic N) is 2. The standard InChI is InChI=1S/C29H24N2O4S5/c1-35-39-20-10-11-23-22(18-20)30(16-17-36-19-28(32)33)26(37-23)8-6-4-3-5-7-9-27-31-15-14-21-25(40(2)34)13-12-24(38-27)29(21)31/h3-13,18H,14-15,19H2,1-2H3. The minimum absolute atomic E-state index is 0.180. The topological polar surface area (TPSA) is 73.5 Å². The third kappa shape index (κ3) is 6.43. The largest absolute Gasteiger partial charge is 0.549 e. The molecule has 0 aliphatic carbocycles. The number of benzene rings is 2. The van der Waals surface area contributed by atoms with Gasteiger partial charge in [0.25, 0.3) is 5.01 Å². The van der Waals surface area contributed by atoms with Crippen molar-refractivity contribution in [2.24, 2.45) is 0 Å². The first-order valence-corrected chi connectivity index (χ1v) is 17.1. The van der Waals surface area contributed by atoms with Crippen LogP contribution in [0.2, 0.25) is 0 Å². The second kappa shape index (κ2) is 13.3. The maximum atomic E-state index is 12.1. The van der Waals surface area contributed by atoms with Crippen LogP contribution in [0.25, 0.3) is 16.3 Å². The Labute approximate surface area is 252 Å². The molecule has 40 heavy (non-hydrogen) atoms. The number of aromatic nitrogens is 1. The number of aryl methyl sites for hydroxylation is 2. The van der Waals surface area contributed by atoms with Gasteiger partial charge in [-0.1, -0.05) is 65.2 Å².